The molecule has 1 aromatic rings. The van der Waals surface area contributed by atoms with Crippen LogP contribution in [-0.4, -0.2) is 42.1 Å². The molecule has 0 aliphatic rings. The van der Waals surface area contributed by atoms with Crippen molar-refractivity contribution in [3.8, 4) is 5.75 Å². The third-order valence-electron chi connectivity index (χ3n) is 3.32. The Hall–Kier alpha value is -2.64. The zero-order chi connectivity index (χ0) is 16.7. The van der Waals surface area contributed by atoms with Gasteiger partial charge in [0.1, 0.15) is 12.3 Å². The number of nitrogens with zero attached hydrogens (tertiary/aromatic N) is 1. The van der Waals surface area contributed by atoms with Gasteiger partial charge in [0.2, 0.25) is 12.5 Å². The van der Waals surface area contributed by atoms with Gasteiger partial charge in [0.25, 0.3) is 0 Å². The Morgan fingerprint density at radius 1 is 1.36 bits per heavy atom. The fourth-order valence-corrected chi connectivity index (χ4v) is 2.01. The normalized spacial score (nSPS) is 13.0. The number of methoxy groups -OCH3 is 1. The lowest BCUT2D eigenvalue weighted by Crippen LogP contribution is -2.37. The first-order valence-corrected chi connectivity index (χ1v) is 6.60. The molecular formula is C14H18N2O6. The zero-order valence-corrected chi connectivity index (χ0v) is 12.3. The smallest absolute Gasteiger partial charge is 0.325 e. The first-order chi connectivity index (χ1) is 10.3. The molecule has 22 heavy (non-hydrogen) atoms. The maximum absolute atomic E-state index is 12.0. The third kappa shape index (κ3) is 5.04. The molecular weight excluding hydrogens is 292 g/mol. The highest BCUT2D eigenvalue weighted by atomic mass is 16.6. The minimum absolute atomic E-state index is 0.0337. The molecule has 0 saturated heterocycles. The quantitative estimate of drug-likeness (QED) is 0.434. The van der Waals surface area contributed by atoms with E-state index in [4.69, 9.17) is 0 Å². The summed E-state index contributed by atoms with van der Waals surface area (Å²) in [6.07, 6.45) is 0. The van der Waals surface area contributed by atoms with Crippen molar-refractivity contribution in [3.05, 3.63) is 39.9 Å². The van der Waals surface area contributed by atoms with E-state index in [1.54, 1.807) is 6.92 Å². The van der Waals surface area contributed by atoms with Gasteiger partial charge in [-0.3, -0.25) is 19.7 Å². The van der Waals surface area contributed by atoms with Crippen molar-refractivity contribution in [1.29, 1.82) is 0 Å². The molecule has 1 aromatic carbocycles. The van der Waals surface area contributed by atoms with Crippen molar-refractivity contribution in [2.24, 2.45) is 5.92 Å². The van der Waals surface area contributed by atoms with E-state index in [1.807, 2.05) is 0 Å². The largest absolute Gasteiger partial charge is 0.508 e. The summed E-state index contributed by atoms with van der Waals surface area (Å²) >= 11 is 0. The number of nitro groups is 1. The van der Waals surface area contributed by atoms with Gasteiger partial charge in [-0.25, -0.2) is 0 Å². The fourth-order valence-electron chi connectivity index (χ4n) is 2.01. The van der Waals surface area contributed by atoms with Crippen LogP contribution in [0.1, 0.15) is 18.4 Å². The Balaban J connectivity index is 2.86. The number of carbonyl (C=O) groups excluding carboxylic acids is 2. The number of rotatable bonds is 7. The average Bonchev–Trinajstić information content (AvgIpc) is 2.50. The van der Waals surface area contributed by atoms with E-state index in [-0.39, 0.29) is 12.3 Å². The Kier molecular flexibility index (Phi) is 6.30. The van der Waals surface area contributed by atoms with Gasteiger partial charge in [-0.1, -0.05) is 19.1 Å². The highest BCUT2D eigenvalue weighted by Crippen LogP contribution is 2.26. The van der Waals surface area contributed by atoms with Crippen LogP contribution in [0, 0.1) is 16.0 Å². The topological polar surface area (TPSA) is 119 Å². The van der Waals surface area contributed by atoms with Crippen molar-refractivity contribution >= 4 is 11.9 Å². The molecule has 2 atom stereocenters. The molecule has 2 N–H and O–H groups in total. The van der Waals surface area contributed by atoms with Gasteiger partial charge < -0.3 is 15.2 Å². The van der Waals surface area contributed by atoms with Gasteiger partial charge in [0, 0.05) is 10.8 Å². The minimum Gasteiger partial charge on any atom is -0.508 e. The van der Waals surface area contributed by atoms with Crippen molar-refractivity contribution in [2.45, 2.75) is 12.8 Å². The summed E-state index contributed by atoms with van der Waals surface area (Å²) in [5, 5.41) is 22.5. The average molecular weight is 310 g/mol. The predicted octanol–water partition coefficient (Wildman–Crippen LogP) is 0.678. The van der Waals surface area contributed by atoms with E-state index in [2.05, 4.69) is 10.1 Å². The fraction of sp³-hybridized carbons (Fsp3) is 0.429. The first-order valence-electron chi connectivity index (χ1n) is 6.60. The molecule has 0 spiro atoms. The second-order valence-electron chi connectivity index (χ2n) is 4.80. The highest BCUT2D eigenvalue weighted by Gasteiger charge is 2.30. The number of esters is 1. The second kappa shape index (κ2) is 7.96. The molecule has 0 aromatic heterocycles. The molecule has 0 aliphatic heterocycles. The van der Waals surface area contributed by atoms with Gasteiger partial charge in [-0.05, 0) is 17.7 Å². The summed E-state index contributed by atoms with van der Waals surface area (Å²) in [7, 11) is 1.20. The third-order valence-corrected chi connectivity index (χ3v) is 3.32. The summed E-state index contributed by atoms with van der Waals surface area (Å²) in [5.41, 5.74) is 0.565. The number of hydrogen-bond donors (Lipinski definition) is 2. The summed E-state index contributed by atoms with van der Waals surface area (Å²) < 4.78 is 4.41. The first kappa shape index (κ1) is 17.4. The van der Waals surface area contributed by atoms with Crippen LogP contribution in [0.25, 0.3) is 0 Å². The molecule has 8 heteroatoms. The number of aromatic hydroxyl groups is 1. The van der Waals surface area contributed by atoms with Gasteiger partial charge >= 0.3 is 5.97 Å². The van der Waals surface area contributed by atoms with Gasteiger partial charge in [0.05, 0.1) is 13.0 Å². The number of phenols is 1. The number of benzene rings is 1. The highest BCUT2D eigenvalue weighted by molar-refractivity contribution is 5.83. The lowest BCUT2D eigenvalue weighted by Gasteiger charge is -2.20. The van der Waals surface area contributed by atoms with Crippen LogP contribution in [0.4, 0.5) is 0 Å². The predicted molar refractivity (Wildman–Crippen MR) is 76.9 cm³/mol. The molecule has 2 unspecified atom stereocenters. The molecule has 0 fully saturated rings. The summed E-state index contributed by atoms with van der Waals surface area (Å²) in [6.45, 7) is 0.825. The van der Waals surface area contributed by atoms with Crippen LogP contribution in [0.5, 0.6) is 5.75 Å². The van der Waals surface area contributed by atoms with Crippen LogP contribution in [-0.2, 0) is 14.3 Å². The van der Waals surface area contributed by atoms with Crippen LogP contribution < -0.4 is 5.32 Å². The number of amides is 1. The minimum atomic E-state index is -0.723. The van der Waals surface area contributed by atoms with Crippen LogP contribution in [0.2, 0.25) is 0 Å². The maximum Gasteiger partial charge on any atom is 0.325 e. The second-order valence-corrected chi connectivity index (χ2v) is 4.80. The van der Waals surface area contributed by atoms with Crippen LogP contribution in [0.3, 0.4) is 0 Å². The number of carbonyl (C=O) groups is 2. The molecule has 0 saturated carbocycles. The molecule has 0 bridgehead atoms. The van der Waals surface area contributed by atoms with E-state index < -0.39 is 35.2 Å². The Bertz CT molecular complexity index is 543. The number of phenolic OH excluding ortho intramolecular Hbond substituents is 1. The molecule has 1 rings (SSSR count). The zero-order valence-electron chi connectivity index (χ0n) is 12.3. The van der Waals surface area contributed by atoms with Crippen LogP contribution >= 0.6 is 0 Å². The van der Waals surface area contributed by atoms with Crippen molar-refractivity contribution in [1.82, 2.24) is 5.32 Å². The summed E-state index contributed by atoms with van der Waals surface area (Å²) in [6, 6.07) is 5.88. The molecule has 120 valence electrons. The van der Waals surface area contributed by atoms with E-state index in [0.29, 0.717) is 5.56 Å². The monoisotopic (exact) mass is 310 g/mol. The molecule has 1 amide bonds. The standard InChI is InChI=1S/C14H18N2O6/c1-9(14(19)15-7-13(18)22-2)12(8-16(20)21)10-3-5-11(17)6-4-10/h3-6,9,12,17H,7-8H2,1-2H3,(H,15,19). The number of ether oxygens (including phenoxy) is 1. The van der Waals surface area contributed by atoms with Gasteiger partial charge in [-0.2, -0.15) is 0 Å². The van der Waals surface area contributed by atoms with E-state index >= 15 is 0 Å². The van der Waals surface area contributed by atoms with Crippen molar-refractivity contribution in [2.75, 3.05) is 20.2 Å². The summed E-state index contributed by atoms with van der Waals surface area (Å²) in [5.74, 6) is -2.44. The molecule has 0 heterocycles. The van der Waals surface area contributed by atoms with E-state index in [9.17, 15) is 24.8 Å². The Morgan fingerprint density at radius 2 is 1.95 bits per heavy atom. The number of nitrogens with one attached hydrogen (secondary N) is 1. The van der Waals surface area contributed by atoms with E-state index in [1.165, 1.54) is 31.4 Å². The number of hydrogen-bond acceptors (Lipinski definition) is 6. The van der Waals surface area contributed by atoms with Gasteiger partial charge in [-0.15, -0.1) is 0 Å². The van der Waals surface area contributed by atoms with Crippen LogP contribution in [0.15, 0.2) is 24.3 Å². The summed E-state index contributed by atoms with van der Waals surface area (Å²) in [4.78, 5) is 33.4. The van der Waals surface area contributed by atoms with Crippen molar-refractivity contribution < 1.29 is 24.4 Å². The van der Waals surface area contributed by atoms with Crippen molar-refractivity contribution in [3.63, 3.8) is 0 Å². The molecule has 0 aliphatic carbocycles. The molecule has 0 radical (unpaired) electrons. The maximum atomic E-state index is 12.0. The lowest BCUT2D eigenvalue weighted by molar-refractivity contribution is -0.484. The molecule has 8 nitrogen and oxygen atoms in total. The Morgan fingerprint density at radius 3 is 2.45 bits per heavy atom. The Labute approximate surface area is 127 Å². The SMILES string of the molecule is COC(=O)CNC(=O)C(C)C(C[N+](=O)[O-])c1ccc(O)cc1. The van der Waals surface area contributed by atoms with E-state index in [0.717, 1.165) is 0 Å². The lowest BCUT2D eigenvalue weighted by atomic mass is 9.86. The van der Waals surface area contributed by atoms with Gasteiger partial charge in [0.15, 0.2) is 0 Å².